The number of rotatable bonds is 5. The van der Waals surface area contributed by atoms with Gasteiger partial charge in [0.1, 0.15) is 24.1 Å². The third-order valence-corrected chi connectivity index (χ3v) is 5.30. The number of anilines is 1. The van der Waals surface area contributed by atoms with Crippen molar-refractivity contribution in [2.45, 2.75) is 68.7 Å². The van der Waals surface area contributed by atoms with Crippen LogP contribution in [0.4, 0.5) is 23.8 Å². The van der Waals surface area contributed by atoms with Gasteiger partial charge in [0.2, 0.25) is 0 Å². The summed E-state index contributed by atoms with van der Waals surface area (Å²) in [6.45, 7) is -0.125. The number of alkyl halides is 3. The second-order valence-corrected chi connectivity index (χ2v) is 7.58. The van der Waals surface area contributed by atoms with Gasteiger partial charge in [-0.1, -0.05) is 19.3 Å². The van der Waals surface area contributed by atoms with E-state index in [4.69, 9.17) is 4.74 Å². The first-order valence-corrected chi connectivity index (χ1v) is 9.92. The van der Waals surface area contributed by atoms with Crippen molar-refractivity contribution in [3.63, 3.8) is 0 Å². The summed E-state index contributed by atoms with van der Waals surface area (Å²) in [4.78, 5) is 18.9. The molecule has 2 amide bonds. The molecule has 30 heavy (non-hydrogen) atoms. The summed E-state index contributed by atoms with van der Waals surface area (Å²) in [5, 5.41) is 28.7. The fraction of sp³-hybridized carbons (Fsp3) is 0.722. The molecule has 9 nitrogen and oxygen atoms in total. The van der Waals surface area contributed by atoms with Gasteiger partial charge in [-0.15, -0.1) is 0 Å². The van der Waals surface area contributed by atoms with Crippen LogP contribution in [0.1, 0.15) is 37.8 Å². The number of carbonyl (C=O) groups is 1. The number of nitrogens with zero attached hydrogens (tertiary/aromatic N) is 2. The molecule has 5 N–H and O–H groups in total. The number of hydrogen-bond acceptors (Lipinski definition) is 7. The zero-order valence-corrected chi connectivity index (χ0v) is 16.2. The zero-order valence-electron chi connectivity index (χ0n) is 16.2. The molecule has 0 spiro atoms. The maximum atomic E-state index is 12.8. The molecule has 2 heterocycles. The monoisotopic (exact) mass is 433 g/mol. The Morgan fingerprint density at radius 2 is 1.90 bits per heavy atom. The lowest BCUT2D eigenvalue weighted by molar-refractivity contribution is -0.141. The average Bonchev–Trinajstić information content (AvgIpc) is 2.71. The van der Waals surface area contributed by atoms with Gasteiger partial charge < -0.3 is 30.9 Å². The number of amides is 2. The molecule has 1 saturated heterocycles. The van der Waals surface area contributed by atoms with E-state index < -0.39 is 36.2 Å². The Morgan fingerprint density at radius 3 is 2.60 bits per heavy atom. The van der Waals surface area contributed by atoms with Crippen LogP contribution in [0.2, 0.25) is 0 Å². The van der Waals surface area contributed by atoms with E-state index in [9.17, 15) is 28.2 Å². The maximum Gasteiger partial charge on any atom is 0.434 e. The molecule has 1 aromatic heterocycles. The average molecular weight is 433 g/mol. The Hall–Kier alpha value is -2.18. The van der Waals surface area contributed by atoms with Crippen LogP contribution in [-0.4, -0.2) is 69.8 Å². The van der Waals surface area contributed by atoms with Crippen LogP contribution < -0.4 is 16.0 Å². The Balaban J connectivity index is 1.48. The van der Waals surface area contributed by atoms with Crippen LogP contribution in [0.25, 0.3) is 0 Å². The molecule has 0 aromatic carbocycles. The van der Waals surface area contributed by atoms with Gasteiger partial charge in [-0.3, -0.25) is 4.98 Å². The number of nitrogens with one attached hydrogen (secondary N) is 3. The summed E-state index contributed by atoms with van der Waals surface area (Å²) in [5.41, 5.74) is -1.18. The van der Waals surface area contributed by atoms with Crippen molar-refractivity contribution in [3.8, 4) is 0 Å². The molecule has 3 rings (SSSR count). The van der Waals surface area contributed by atoms with Gasteiger partial charge in [-0.2, -0.15) is 13.2 Å². The lowest BCUT2D eigenvalue weighted by Gasteiger charge is -2.38. The van der Waals surface area contributed by atoms with Gasteiger partial charge in [0.05, 0.1) is 25.0 Å². The normalized spacial score (nSPS) is 28.0. The summed E-state index contributed by atoms with van der Waals surface area (Å²) >= 11 is 0. The zero-order chi connectivity index (χ0) is 21.7. The minimum Gasteiger partial charge on any atom is -0.388 e. The molecule has 1 aliphatic heterocycles. The topological polar surface area (TPSA) is 129 Å². The molecule has 0 unspecified atom stereocenters. The van der Waals surface area contributed by atoms with Crippen molar-refractivity contribution in [3.05, 3.63) is 18.1 Å². The van der Waals surface area contributed by atoms with Crippen molar-refractivity contribution < 1.29 is 32.9 Å². The number of hydrogen-bond donors (Lipinski definition) is 5. The van der Waals surface area contributed by atoms with Crippen LogP contribution >= 0.6 is 0 Å². The standard InChI is InChI=1S/C18H26F3N5O4/c19-18(20,21)13-7-22-8-14(26-13)25-11-9-30-12(16(28)15(11)27)6-23-17(29)24-10-4-2-1-3-5-10/h7-8,10-12,15-16,27-28H,1-6,9H2,(H,25,26)(H2,23,24,29)/t11-,12+,15+,16-/m0/s1. The molecule has 2 fully saturated rings. The van der Waals surface area contributed by atoms with Gasteiger partial charge >= 0.3 is 12.2 Å². The second-order valence-electron chi connectivity index (χ2n) is 7.58. The van der Waals surface area contributed by atoms with E-state index in [-0.39, 0.29) is 31.0 Å². The fourth-order valence-electron chi connectivity index (χ4n) is 3.63. The van der Waals surface area contributed by atoms with E-state index in [2.05, 4.69) is 25.9 Å². The van der Waals surface area contributed by atoms with E-state index >= 15 is 0 Å². The van der Waals surface area contributed by atoms with E-state index in [0.717, 1.165) is 31.9 Å². The van der Waals surface area contributed by atoms with Gasteiger partial charge in [0, 0.05) is 12.6 Å². The molecule has 1 aliphatic carbocycles. The van der Waals surface area contributed by atoms with E-state index in [1.54, 1.807) is 0 Å². The first kappa shape index (κ1) is 22.5. The van der Waals surface area contributed by atoms with Crippen LogP contribution in [0, 0.1) is 0 Å². The lowest BCUT2D eigenvalue weighted by atomic mass is 9.96. The number of ether oxygens (including phenoxy) is 1. The summed E-state index contributed by atoms with van der Waals surface area (Å²) in [6, 6.07) is -1.14. The highest BCUT2D eigenvalue weighted by molar-refractivity contribution is 5.74. The third kappa shape index (κ3) is 5.92. The molecular weight excluding hydrogens is 407 g/mol. The molecule has 0 radical (unpaired) electrons. The van der Waals surface area contributed by atoms with Gasteiger partial charge in [-0.05, 0) is 12.8 Å². The number of aromatic nitrogens is 2. The Bertz CT molecular complexity index is 717. The van der Waals surface area contributed by atoms with Crippen molar-refractivity contribution in [1.29, 1.82) is 0 Å². The van der Waals surface area contributed by atoms with Gasteiger partial charge in [-0.25, -0.2) is 9.78 Å². The molecule has 0 bridgehead atoms. The highest BCUT2D eigenvalue weighted by Gasteiger charge is 2.39. The minimum absolute atomic E-state index is 0.0210. The second kappa shape index (κ2) is 9.75. The molecule has 168 valence electrons. The third-order valence-electron chi connectivity index (χ3n) is 5.30. The first-order chi connectivity index (χ1) is 14.2. The molecule has 1 saturated carbocycles. The molecular formula is C18H26F3N5O4. The molecule has 12 heteroatoms. The van der Waals surface area contributed by atoms with E-state index in [1.807, 2.05) is 0 Å². The number of aliphatic hydroxyl groups excluding tert-OH is 2. The fourth-order valence-corrected chi connectivity index (χ4v) is 3.63. The summed E-state index contributed by atoms with van der Waals surface area (Å²) in [7, 11) is 0. The SMILES string of the molecule is O=C(NC[C@H]1OC[C@H](Nc2cncc(C(F)(F)F)n2)[C@@H](O)[C@H]1O)NC1CCCCC1. The van der Waals surface area contributed by atoms with Crippen molar-refractivity contribution in [2.75, 3.05) is 18.5 Å². The maximum absolute atomic E-state index is 12.8. The minimum atomic E-state index is -4.65. The molecule has 2 aliphatic rings. The highest BCUT2D eigenvalue weighted by Crippen LogP contribution is 2.28. The van der Waals surface area contributed by atoms with E-state index in [0.29, 0.717) is 6.20 Å². The van der Waals surface area contributed by atoms with E-state index in [1.165, 1.54) is 6.42 Å². The number of halogens is 3. The van der Waals surface area contributed by atoms with Crippen molar-refractivity contribution >= 4 is 11.8 Å². The first-order valence-electron chi connectivity index (χ1n) is 9.92. The summed E-state index contributed by atoms with van der Waals surface area (Å²) in [6.07, 6.45) is -1.36. The largest absolute Gasteiger partial charge is 0.434 e. The van der Waals surface area contributed by atoms with Crippen LogP contribution in [-0.2, 0) is 10.9 Å². The molecule has 4 atom stereocenters. The van der Waals surface area contributed by atoms with Crippen LogP contribution in [0.15, 0.2) is 12.4 Å². The quantitative estimate of drug-likeness (QED) is 0.469. The van der Waals surface area contributed by atoms with Gasteiger partial charge in [0.15, 0.2) is 5.69 Å². The van der Waals surface area contributed by atoms with Crippen LogP contribution in [0.3, 0.4) is 0 Å². The molecule has 1 aromatic rings. The summed E-state index contributed by atoms with van der Waals surface area (Å²) in [5.74, 6) is -0.201. The van der Waals surface area contributed by atoms with Gasteiger partial charge in [0.25, 0.3) is 0 Å². The highest BCUT2D eigenvalue weighted by atomic mass is 19.4. The lowest BCUT2D eigenvalue weighted by Crippen LogP contribution is -2.59. The predicted octanol–water partition coefficient (Wildman–Crippen LogP) is 1.03. The van der Waals surface area contributed by atoms with Crippen molar-refractivity contribution in [2.24, 2.45) is 0 Å². The Kier molecular flexibility index (Phi) is 7.32. The smallest absolute Gasteiger partial charge is 0.388 e. The number of aliphatic hydroxyl groups is 2. The Morgan fingerprint density at radius 1 is 1.17 bits per heavy atom. The summed E-state index contributed by atoms with van der Waals surface area (Å²) < 4.78 is 43.7. The van der Waals surface area contributed by atoms with Crippen molar-refractivity contribution in [1.82, 2.24) is 20.6 Å². The predicted molar refractivity (Wildman–Crippen MR) is 99.6 cm³/mol. The van der Waals surface area contributed by atoms with Crippen LogP contribution in [0.5, 0.6) is 0 Å². The Labute approximate surface area is 171 Å². The number of carbonyl (C=O) groups excluding carboxylic acids is 1. The number of urea groups is 1.